The minimum Gasteiger partial charge on any atom is -0.395 e. The van der Waals surface area contributed by atoms with E-state index in [1.54, 1.807) is 0 Å². The highest BCUT2D eigenvalue weighted by Gasteiger charge is 2.44. The summed E-state index contributed by atoms with van der Waals surface area (Å²) in [6.45, 7) is 2.27. The zero-order valence-electron chi connectivity index (χ0n) is 17.1. The zero-order chi connectivity index (χ0) is 20.6. The van der Waals surface area contributed by atoms with E-state index in [4.69, 9.17) is 0 Å². The van der Waals surface area contributed by atoms with Gasteiger partial charge < -0.3 is 15.0 Å². The summed E-state index contributed by atoms with van der Waals surface area (Å²) in [7, 11) is 0. The van der Waals surface area contributed by atoms with Crippen LogP contribution in [0, 0.1) is 0 Å². The maximum Gasteiger partial charge on any atom is 0.0764 e. The lowest BCUT2D eigenvalue weighted by Gasteiger charge is -2.45. The fourth-order valence-electron chi connectivity index (χ4n) is 5.05. The Balaban J connectivity index is 1.68. The predicted molar refractivity (Wildman–Crippen MR) is 122 cm³/mol. The third-order valence-electron chi connectivity index (χ3n) is 6.47. The minimum atomic E-state index is -0.536. The van der Waals surface area contributed by atoms with Gasteiger partial charge >= 0.3 is 0 Å². The highest BCUT2D eigenvalue weighted by molar-refractivity contribution is 5.67. The van der Waals surface area contributed by atoms with Gasteiger partial charge in [0.15, 0.2) is 0 Å². The van der Waals surface area contributed by atoms with E-state index < -0.39 is 5.41 Å². The summed E-state index contributed by atoms with van der Waals surface area (Å²) in [4.78, 5) is 0. The highest BCUT2D eigenvalue weighted by atomic mass is 16.3. The van der Waals surface area contributed by atoms with Gasteiger partial charge in [0, 0.05) is 17.3 Å². The van der Waals surface area contributed by atoms with Crippen molar-refractivity contribution in [3.8, 4) is 5.69 Å². The van der Waals surface area contributed by atoms with Crippen molar-refractivity contribution >= 4 is 5.69 Å². The van der Waals surface area contributed by atoms with Crippen molar-refractivity contribution in [1.29, 1.82) is 0 Å². The Bertz CT molecular complexity index is 1110. The van der Waals surface area contributed by atoms with Crippen LogP contribution in [0.15, 0.2) is 103 Å². The van der Waals surface area contributed by atoms with Gasteiger partial charge in [-0.15, -0.1) is 0 Å². The SMILES string of the molecule is CC1(CC(CO)(c2ccccc2)c2ccccc2)Nc2ccccc2-n2cccc21. The molecule has 0 radical (unpaired) electrons. The molecule has 0 saturated carbocycles. The maximum atomic E-state index is 10.9. The molecule has 1 aromatic heterocycles. The Kier molecular flexibility index (Phi) is 4.48. The third-order valence-corrected chi connectivity index (χ3v) is 6.47. The molecule has 0 aliphatic carbocycles. The van der Waals surface area contributed by atoms with E-state index >= 15 is 0 Å². The number of nitrogens with zero attached hydrogens (tertiary/aromatic N) is 1. The van der Waals surface area contributed by atoms with Gasteiger partial charge in [0.25, 0.3) is 0 Å². The summed E-state index contributed by atoms with van der Waals surface area (Å²) < 4.78 is 2.27. The molecule has 3 aromatic carbocycles. The number of aliphatic hydroxyl groups is 1. The lowest BCUT2D eigenvalue weighted by molar-refractivity contribution is 0.188. The van der Waals surface area contributed by atoms with Crippen LogP contribution in [-0.4, -0.2) is 16.3 Å². The molecule has 0 fully saturated rings. The van der Waals surface area contributed by atoms with Crippen molar-refractivity contribution in [2.75, 3.05) is 11.9 Å². The van der Waals surface area contributed by atoms with Crippen LogP contribution in [0.25, 0.3) is 5.69 Å². The summed E-state index contributed by atoms with van der Waals surface area (Å²) in [6, 6.07) is 33.5. The average molecular weight is 395 g/mol. The molecule has 3 nitrogen and oxygen atoms in total. The topological polar surface area (TPSA) is 37.2 Å². The van der Waals surface area contributed by atoms with Gasteiger partial charge in [0.1, 0.15) is 0 Å². The van der Waals surface area contributed by atoms with E-state index in [0.29, 0.717) is 6.42 Å². The van der Waals surface area contributed by atoms with E-state index in [0.717, 1.165) is 22.5 Å². The molecule has 150 valence electrons. The average Bonchev–Trinajstić information content (AvgIpc) is 3.31. The van der Waals surface area contributed by atoms with Crippen LogP contribution in [0.1, 0.15) is 30.2 Å². The molecule has 1 unspecified atom stereocenters. The normalized spacial score (nSPS) is 17.7. The zero-order valence-corrected chi connectivity index (χ0v) is 17.1. The molecule has 5 rings (SSSR count). The third kappa shape index (κ3) is 2.86. The number of aliphatic hydroxyl groups excluding tert-OH is 1. The molecule has 1 atom stereocenters. The minimum absolute atomic E-state index is 0.0284. The molecule has 2 heterocycles. The first-order valence-corrected chi connectivity index (χ1v) is 10.4. The van der Waals surface area contributed by atoms with Gasteiger partial charge in [-0.1, -0.05) is 72.8 Å². The molecule has 0 amide bonds. The lowest BCUT2D eigenvalue weighted by Crippen LogP contribution is -2.46. The summed E-state index contributed by atoms with van der Waals surface area (Å²) in [5.41, 5.74) is 4.81. The van der Waals surface area contributed by atoms with E-state index in [1.807, 2.05) is 12.1 Å². The first-order valence-electron chi connectivity index (χ1n) is 10.4. The fourth-order valence-corrected chi connectivity index (χ4v) is 5.05. The molecule has 0 bridgehead atoms. The van der Waals surface area contributed by atoms with Crippen molar-refractivity contribution in [1.82, 2.24) is 4.57 Å². The van der Waals surface area contributed by atoms with Gasteiger partial charge in [-0.3, -0.25) is 0 Å². The molecule has 2 N–H and O–H groups in total. The summed E-state index contributed by atoms with van der Waals surface area (Å²) >= 11 is 0. The van der Waals surface area contributed by atoms with E-state index in [9.17, 15) is 5.11 Å². The van der Waals surface area contributed by atoms with Crippen molar-refractivity contribution in [2.45, 2.75) is 24.3 Å². The molecule has 4 aromatic rings. The van der Waals surface area contributed by atoms with Crippen LogP contribution in [0.5, 0.6) is 0 Å². The smallest absolute Gasteiger partial charge is 0.0764 e. The number of hydrogen-bond donors (Lipinski definition) is 2. The Morgan fingerprint density at radius 2 is 1.40 bits per heavy atom. The van der Waals surface area contributed by atoms with Gasteiger partial charge in [0.05, 0.1) is 23.5 Å². The van der Waals surface area contributed by atoms with Crippen LogP contribution in [0.4, 0.5) is 5.69 Å². The molecule has 30 heavy (non-hydrogen) atoms. The number of aromatic nitrogens is 1. The van der Waals surface area contributed by atoms with Crippen molar-refractivity contribution < 1.29 is 5.11 Å². The number of para-hydroxylation sites is 2. The predicted octanol–water partition coefficient (Wildman–Crippen LogP) is 5.49. The summed E-state index contributed by atoms with van der Waals surface area (Å²) in [5, 5.41) is 14.7. The van der Waals surface area contributed by atoms with Crippen LogP contribution in [0.3, 0.4) is 0 Å². The van der Waals surface area contributed by atoms with Crippen LogP contribution < -0.4 is 5.32 Å². The first-order chi connectivity index (χ1) is 14.7. The second-order valence-corrected chi connectivity index (χ2v) is 8.39. The largest absolute Gasteiger partial charge is 0.395 e. The second kappa shape index (κ2) is 7.19. The molecule has 1 aliphatic rings. The summed E-state index contributed by atoms with van der Waals surface area (Å²) in [5.74, 6) is 0. The van der Waals surface area contributed by atoms with Gasteiger partial charge in [-0.05, 0) is 48.7 Å². The lowest BCUT2D eigenvalue weighted by atomic mass is 9.66. The molecule has 0 saturated heterocycles. The number of anilines is 1. The van der Waals surface area contributed by atoms with Gasteiger partial charge in [-0.2, -0.15) is 0 Å². The standard InChI is InChI=1S/C27H26N2O/c1-26(25-17-10-18-29(25)24-16-9-8-15-23(24)28-26)19-27(20-30,21-11-4-2-5-12-21)22-13-6-3-7-14-22/h2-18,28,30H,19-20H2,1H3. The first kappa shape index (κ1) is 18.7. The highest BCUT2D eigenvalue weighted by Crippen LogP contribution is 2.47. The molecule has 3 heteroatoms. The van der Waals surface area contributed by atoms with Gasteiger partial charge in [-0.25, -0.2) is 0 Å². The quantitative estimate of drug-likeness (QED) is 0.470. The van der Waals surface area contributed by atoms with Crippen molar-refractivity contribution in [3.63, 3.8) is 0 Å². The molecular weight excluding hydrogens is 368 g/mol. The number of fused-ring (bicyclic) bond motifs is 3. The monoisotopic (exact) mass is 394 g/mol. The van der Waals surface area contributed by atoms with Crippen molar-refractivity contribution in [2.24, 2.45) is 0 Å². The number of nitrogens with one attached hydrogen (secondary N) is 1. The van der Waals surface area contributed by atoms with Crippen LogP contribution in [-0.2, 0) is 11.0 Å². The number of rotatable bonds is 5. The second-order valence-electron chi connectivity index (χ2n) is 8.39. The van der Waals surface area contributed by atoms with Gasteiger partial charge in [0.2, 0.25) is 0 Å². The maximum absolute atomic E-state index is 10.9. The molecular formula is C27H26N2O. The Morgan fingerprint density at radius 1 is 0.800 bits per heavy atom. The van der Waals surface area contributed by atoms with E-state index in [-0.39, 0.29) is 12.1 Å². The van der Waals surface area contributed by atoms with E-state index in [1.165, 1.54) is 5.69 Å². The molecule has 0 spiro atoms. The Morgan fingerprint density at radius 3 is 2.03 bits per heavy atom. The van der Waals surface area contributed by atoms with E-state index in [2.05, 4.69) is 108 Å². The molecule has 1 aliphatic heterocycles. The summed E-state index contributed by atoms with van der Waals surface area (Å²) in [6.07, 6.45) is 2.84. The van der Waals surface area contributed by atoms with Crippen LogP contribution in [0.2, 0.25) is 0 Å². The van der Waals surface area contributed by atoms with Crippen molar-refractivity contribution in [3.05, 3.63) is 120 Å². The number of benzene rings is 3. The van der Waals surface area contributed by atoms with Crippen LogP contribution >= 0.6 is 0 Å². The number of hydrogen-bond acceptors (Lipinski definition) is 2. The Hall–Kier alpha value is -3.30. The fraction of sp³-hybridized carbons (Fsp3) is 0.185. The Labute approximate surface area is 177 Å².